The first-order chi connectivity index (χ1) is 8.78. The molecule has 0 spiro atoms. The summed E-state index contributed by atoms with van der Waals surface area (Å²) in [5.74, 6) is 0.240. The molecule has 108 valence electrons. The van der Waals surface area contributed by atoms with Crippen LogP contribution < -0.4 is 0 Å². The third kappa shape index (κ3) is 4.20. The van der Waals surface area contributed by atoms with E-state index >= 15 is 0 Å². The molecule has 0 bridgehead atoms. The van der Waals surface area contributed by atoms with E-state index in [4.69, 9.17) is 0 Å². The lowest BCUT2D eigenvalue weighted by molar-refractivity contribution is -0.134. The van der Waals surface area contributed by atoms with E-state index in [1.807, 2.05) is 6.92 Å². The van der Waals surface area contributed by atoms with Crippen LogP contribution in [0.5, 0.6) is 0 Å². The van der Waals surface area contributed by atoms with Gasteiger partial charge >= 0.3 is 5.97 Å². The summed E-state index contributed by atoms with van der Waals surface area (Å²) in [5.41, 5.74) is 2.65. The van der Waals surface area contributed by atoms with E-state index in [2.05, 4.69) is 41.1 Å². The van der Waals surface area contributed by atoms with Gasteiger partial charge in [0.05, 0.1) is 7.11 Å². The van der Waals surface area contributed by atoms with Gasteiger partial charge in [-0.05, 0) is 43.9 Å². The zero-order chi connectivity index (χ0) is 14.6. The van der Waals surface area contributed by atoms with E-state index in [9.17, 15) is 4.79 Å². The average Bonchev–Trinajstić information content (AvgIpc) is 2.33. The molecule has 0 heterocycles. The molecule has 0 aliphatic heterocycles. The van der Waals surface area contributed by atoms with E-state index in [1.165, 1.54) is 19.1 Å². The number of carbonyl (C=O) groups is 1. The number of hydrogen-bond donors (Lipinski definition) is 0. The highest BCUT2D eigenvalue weighted by atomic mass is 79.9. The van der Waals surface area contributed by atoms with E-state index in [1.54, 1.807) is 6.08 Å². The predicted molar refractivity (Wildman–Crippen MR) is 83.4 cm³/mol. The fraction of sp³-hybridized carbons (Fsp3) is 0.688. The molecule has 0 amide bonds. The molecule has 1 saturated carbocycles. The Labute approximate surface area is 125 Å². The van der Waals surface area contributed by atoms with Crippen LogP contribution in [-0.2, 0) is 9.53 Å². The van der Waals surface area contributed by atoms with Crippen LogP contribution in [0.25, 0.3) is 0 Å². The number of hydrogen-bond acceptors (Lipinski definition) is 2. The van der Waals surface area contributed by atoms with E-state index < -0.39 is 0 Å². The number of rotatable bonds is 4. The van der Waals surface area contributed by atoms with Crippen molar-refractivity contribution in [2.75, 3.05) is 7.11 Å². The van der Waals surface area contributed by atoms with Crippen LogP contribution in [0.4, 0.5) is 0 Å². The second-order valence-electron chi connectivity index (χ2n) is 6.09. The van der Waals surface area contributed by atoms with Crippen molar-refractivity contribution in [1.82, 2.24) is 0 Å². The molecule has 0 radical (unpaired) electrons. The zero-order valence-electron chi connectivity index (χ0n) is 12.5. The molecule has 0 aromatic carbocycles. The summed E-state index contributed by atoms with van der Waals surface area (Å²) < 4.78 is 4.65. The highest BCUT2D eigenvalue weighted by Crippen LogP contribution is 2.48. The van der Waals surface area contributed by atoms with Crippen LogP contribution in [0.3, 0.4) is 0 Å². The molecule has 0 N–H and O–H groups in total. The highest BCUT2D eigenvalue weighted by molar-refractivity contribution is 9.09. The predicted octanol–water partition coefficient (Wildman–Crippen LogP) is 4.64. The van der Waals surface area contributed by atoms with Gasteiger partial charge in [0.1, 0.15) is 0 Å². The number of alkyl halides is 1. The summed E-state index contributed by atoms with van der Waals surface area (Å²) in [4.78, 5) is 11.7. The molecule has 1 fully saturated rings. The first kappa shape index (κ1) is 16.5. The minimum absolute atomic E-state index is 0.223. The Balaban J connectivity index is 2.67. The molecule has 0 unspecified atom stereocenters. The number of esters is 1. The Hall–Kier alpha value is -0.570. The molecule has 0 saturated heterocycles. The number of carbonyl (C=O) groups excluding carboxylic acids is 1. The number of ether oxygens (including phenoxy) is 1. The second-order valence-corrected chi connectivity index (χ2v) is 7.20. The molecule has 1 rings (SSSR count). The standard InChI is InChI=1S/C16H25BrO2/c1-11(10-15(18)19-5)6-8-13-12(2)7-9-14(17)16(13,3)4/h10,13-14H,2,6-9H2,1,3-5H3/t13-,14+/m1/s1. The van der Waals surface area contributed by atoms with Crippen LogP contribution in [-0.4, -0.2) is 17.9 Å². The van der Waals surface area contributed by atoms with Crippen molar-refractivity contribution >= 4 is 21.9 Å². The van der Waals surface area contributed by atoms with Crippen molar-refractivity contribution < 1.29 is 9.53 Å². The fourth-order valence-electron chi connectivity index (χ4n) is 2.88. The van der Waals surface area contributed by atoms with Gasteiger partial charge in [0, 0.05) is 10.9 Å². The van der Waals surface area contributed by atoms with Crippen molar-refractivity contribution in [2.24, 2.45) is 11.3 Å². The van der Waals surface area contributed by atoms with E-state index in [-0.39, 0.29) is 11.4 Å². The normalized spacial score (nSPS) is 27.2. The van der Waals surface area contributed by atoms with Gasteiger partial charge in [0.15, 0.2) is 0 Å². The van der Waals surface area contributed by atoms with Crippen LogP contribution in [0, 0.1) is 11.3 Å². The summed E-state index contributed by atoms with van der Waals surface area (Å²) in [6, 6.07) is 0. The van der Waals surface area contributed by atoms with E-state index in [0.717, 1.165) is 24.8 Å². The Morgan fingerprint density at radius 2 is 2.21 bits per heavy atom. The van der Waals surface area contributed by atoms with E-state index in [0.29, 0.717) is 10.7 Å². The summed E-state index contributed by atoms with van der Waals surface area (Å²) in [6.07, 6.45) is 5.82. The Kier molecular flexibility index (Phi) is 5.84. The van der Waals surface area contributed by atoms with Gasteiger partial charge in [-0.15, -0.1) is 0 Å². The minimum atomic E-state index is -0.266. The first-order valence-corrected chi connectivity index (χ1v) is 7.77. The third-order valence-corrected chi connectivity index (χ3v) is 5.95. The molecule has 1 aliphatic rings. The van der Waals surface area contributed by atoms with Gasteiger partial charge in [-0.1, -0.05) is 47.5 Å². The van der Waals surface area contributed by atoms with Crippen molar-refractivity contribution in [3.05, 3.63) is 23.8 Å². The molecule has 0 aromatic heterocycles. The molecule has 2 nitrogen and oxygen atoms in total. The summed E-state index contributed by atoms with van der Waals surface area (Å²) in [7, 11) is 1.41. The molecule has 3 heteroatoms. The highest BCUT2D eigenvalue weighted by Gasteiger charge is 2.40. The van der Waals surface area contributed by atoms with Gasteiger partial charge in [0.2, 0.25) is 0 Å². The lowest BCUT2D eigenvalue weighted by Crippen LogP contribution is -2.38. The lowest BCUT2D eigenvalue weighted by atomic mass is 9.65. The van der Waals surface area contributed by atoms with Gasteiger partial charge < -0.3 is 4.74 Å². The Morgan fingerprint density at radius 3 is 2.79 bits per heavy atom. The lowest BCUT2D eigenvalue weighted by Gasteiger charge is -2.44. The van der Waals surface area contributed by atoms with Crippen LogP contribution in [0.2, 0.25) is 0 Å². The van der Waals surface area contributed by atoms with Gasteiger partial charge in [-0.3, -0.25) is 0 Å². The topological polar surface area (TPSA) is 26.3 Å². The van der Waals surface area contributed by atoms with Crippen molar-refractivity contribution in [3.8, 4) is 0 Å². The summed E-state index contributed by atoms with van der Waals surface area (Å²) >= 11 is 3.81. The first-order valence-electron chi connectivity index (χ1n) is 6.86. The monoisotopic (exact) mass is 328 g/mol. The molecule has 1 aliphatic carbocycles. The molecular weight excluding hydrogens is 304 g/mol. The third-order valence-electron chi connectivity index (χ3n) is 4.31. The maximum absolute atomic E-state index is 11.2. The smallest absolute Gasteiger partial charge is 0.330 e. The number of allylic oxidation sites excluding steroid dienone is 2. The van der Waals surface area contributed by atoms with Gasteiger partial charge in [0.25, 0.3) is 0 Å². The molecular formula is C16H25BrO2. The molecule has 19 heavy (non-hydrogen) atoms. The quantitative estimate of drug-likeness (QED) is 0.325. The minimum Gasteiger partial charge on any atom is -0.466 e. The largest absolute Gasteiger partial charge is 0.466 e. The molecule has 2 atom stereocenters. The second kappa shape index (κ2) is 6.74. The van der Waals surface area contributed by atoms with Crippen LogP contribution in [0.1, 0.15) is 46.5 Å². The zero-order valence-corrected chi connectivity index (χ0v) is 14.0. The van der Waals surface area contributed by atoms with Gasteiger partial charge in [-0.25, -0.2) is 4.79 Å². The van der Waals surface area contributed by atoms with Crippen LogP contribution in [0.15, 0.2) is 23.8 Å². The number of halogens is 1. The van der Waals surface area contributed by atoms with Crippen LogP contribution >= 0.6 is 15.9 Å². The average molecular weight is 329 g/mol. The van der Waals surface area contributed by atoms with Crippen molar-refractivity contribution in [3.63, 3.8) is 0 Å². The molecule has 0 aromatic rings. The van der Waals surface area contributed by atoms with Crippen molar-refractivity contribution in [1.29, 1.82) is 0 Å². The maximum atomic E-state index is 11.2. The Morgan fingerprint density at radius 1 is 1.58 bits per heavy atom. The number of methoxy groups -OCH3 is 1. The fourth-order valence-corrected chi connectivity index (χ4v) is 3.43. The summed E-state index contributed by atoms with van der Waals surface area (Å²) in [5, 5.41) is 0. The maximum Gasteiger partial charge on any atom is 0.330 e. The Bertz CT molecular complexity index is 382. The summed E-state index contributed by atoms with van der Waals surface area (Å²) in [6.45, 7) is 10.8. The van der Waals surface area contributed by atoms with Gasteiger partial charge in [-0.2, -0.15) is 0 Å². The van der Waals surface area contributed by atoms with Crippen molar-refractivity contribution in [2.45, 2.75) is 51.3 Å². The SMILES string of the molecule is C=C1CC[C@H](Br)C(C)(C)[C@@H]1CCC(C)=CC(=O)OC.